The van der Waals surface area contributed by atoms with Crippen molar-refractivity contribution >= 4 is 17.4 Å². The standard InChI is InChI=1S/C27H29FN2O2/c1-5-6-27(32)30(4)25-15-13-23(17-24(25)28)21-9-11-22(12-10-21)26(31)16-14-20-8-7-18(2)29-19(20)3/h7-13,15,17H,5-6,14,16H2,1-4H3. The topological polar surface area (TPSA) is 50.3 Å². The first-order valence-electron chi connectivity index (χ1n) is 10.9. The highest BCUT2D eigenvalue weighted by Crippen LogP contribution is 2.27. The van der Waals surface area contributed by atoms with Gasteiger partial charge in [-0.25, -0.2) is 4.39 Å². The van der Waals surface area contributed by atoms with Crippen molar-refractivity contribution in [2.24, 2.45) is 0 Å². The molecule has 5 heteroatoms. The minimum atomic E-state index is -0.448. The van der Waals surface area contributed by atoms with Crippen LogP contribution in [0.25, 0.3) is 11.1 Å². The molecule has 0 aliphatic rings. The Labute approximate surface area is 189 Å². The van der Waals surface area contributed by atoms with Gasteiger partial charge in [-0.3, -0.25) is 14.6 Å². The molecule has 1 aromatic heterocycles. The number of hydrogen-bond donors (Lipinski definition) is 0. The van der Waals surface area contributed by atoms with Gasteiger partial charge in [0.2, 0.25) is 5.91 Å². The van der Waals surface area contributed by atoms with Gasteiger partial charge < -0.3 is 4.90 Å². The first-order chi connectivity index (χ1) is 15.3. The van der Waals surface area contributed by atoms with Crippen LogP contribution in [0.5, 0.6) is 0 Å². The summed E-state index contributed by atoms with van der Waals surface area (Å²) in [6, 6.07) is 16.0. The van der Waals surface area contributed by atoms with Crippen molar-refractivity contribution in [3.63, 3.8) is 0 Å². The Morgan fingerprint density at radius 3 is 2.25 bits per heavy atom. The summed E-state index contributed by atoms with van der Waals surface area (Å²) in [6.45, 7) is 5.83. The zero-order valence-corrected chi connectivity index (χ0v) is 19.1. The minimum absolute atomic E-state index is 0.0640. The number of anilines is 1. The van der Waals surface area contributed by atoms with E-state index in [-0.39, 0.29) is 17.4 Å². The van der Waals surface area contributed by atoms with E-state index in [9.17, 15) is 14.0 Å². The lowest BCUT2D eigenvalue weighted by Crippen LogP contribution is -2.26. The number of halogens is 1. The Kier molecular flexibility index (Phi) is 7.52. The summed E-state index contributed by atoms with van der Waals surface area (Å²) in [4.78, 5) is 30.5. The zero-order chi connectivity index (χ0) is 23.3. The normalized spacial score (nSPS) is 10.8. The first kappa shape index (κ1) is 23.3. The van der Waals surface area contributed by atoms with Crippen LogP contribution >= 0.6 is 0 Å². The molecule has 0 atom stereocenters. The number of ketones is 1. The van der Waals surface area contributed by atoms with Crippen LogP contribution in [0.4, 0.5) is 10.1 Å². The van der Waals surface area contributed by atoms with Crippen molar-refractivity contribution in [2.75, 3.05) is 11.9 Å². The van der Waals surface area contributed by atoms with Crippen LogP contribution in [-0.4, -0.2) is 23.7 Å². The lowest BCUT2D eigenvalue weighted by Gasteiger charge is -2.18. The van der Waals surface area contributed by atoms with Crippen molar-refractivity contribution in [1.29, 1.82) is 0 Å². The van der Waals surface area contributed by atoms with E-state index < -0.39 is 5.82 Å². The Morgan fingerprint density at radius 1 is 0.938 bits per heavy atom. The molecule has 0 aliphatic carbocycles. The van der Waals surface area contributed by atoms with E-state index in [1.54, 1.807) is 31.3 Å². The van der Waals surface area contributed by atoms with Crippen LogP contribution in [0.1, 0.15) is 53.5 Å². The Morgan fingerprint density at radius 2 is 1.62 bits per heavy atom. The van der Waals surface area contributed by atoms with E-state index in [1.807, 2.05) is 45.0 Å². The molecule has 0 aliphatic heterocycles. The fourth-order valence-electron chi connectivity index (χ4n) is 3.70. The number of benzene rings is 2. The number of pyridine rings is 1. The molecule has 0 saturated heterocycles. The summed E-state index contributed by atoms with van der Waals surface area (Å²) in [6.07, 6.45) is 2.16. The fourth-order valence-corrected chi connectivity index (χ4v) is 3.70. The number of rotatable bonds is 8. The molecule has 0 bridgehead atoms. The lowest BCUT2D eigenvalue weighted by atomic mass is 9.98. The predicted molar refractivity (Wildman–Crippen MR) is 127 cm³/mol. The van der Waals surface area contributed by atoms with Crippen molar-refractivity contribution in [2.45, 2.75) is 46.5 Å². The smallest absolute Gasteiger partial charge is 0.226 e. The molecule has 4 nitrogen and oxygen atoms in total. The third-order valence-electron chi connectivity index (χ3n) is 5.64. The lowest BCUT2D eigenvalue weighted by molar-refractivity contribution is -0.118. The molecule has 1 amide bonds. The number of aromatic nitrogens is 1. The summed E-state index contributed by atoms with van der Waals surface area (Å²) >= 11 is 0. The molecule has 166 valence electrons. The quantitative estimate of drug-likeness (QED) is 0.405. The highest BCUT2D eigenvalue weighted by atomic mass is 19.1. The maximum atomic E-state index is 14.7. The van der Waals surface area contributed by atoms with Gasteiger partial charge >= 0.3 is 0 Å². The van der Waals surface area contributed by atoms with Crippen LogP contribution in [0.15, 0.2) is 54.6 Å². The van der Waals surface area contributed by atoms with Crippen molar-refractivity contribution < 1.29 is 14.0 Å². The second-order valence-corrected chi connectivity index (χ2v) is 8.07. The Balaban J connectivity index is 1.69. The summed E-state index contributed by atoms with van der Waals surface area (Å²) in [7, 11) is 1.59. The number of hydrogen-bond acceptors (Lipinski definition) is 3. The highest BCUT2D eigenvalue weighted by Gasteiger charge is 2.15. The molecule has 32 heavy (non-hydrogen) atoms. The average Bonchev–Trinajstić information content (AvgIpc) is 2.78. The molecule has 0 radical (unpaired) electrons. The van der Waals surface area contributed by atoms with Crippen LogP contribution in [0.2, 0.25) is 0 Å². The Hall–Kier alpha value is -3.34. The summed E-state index contributed by atoms with van der Waals surface area (Å²) < 4.78 is 14.7. The third kappa shape index (κ3) is 5.47. The number of nitrogens with zero attached hydrogens (tertiary/aromatic N) is 2. The monoisotopic (exact) mass is 432 g/mol. The number of carbonyl (C=O) groups is 2. The molecule has 3 rings (SSSR count). The molecule has 0 fully saturated rings. The van der Waals surface area contributed by atoms with E-state index in [4.69, 9.17) is 0 Å². The fraction of sp³-hybridized carbons (Fsp3) is 0.296. The molecule has 2 aromatic carbocycles. The molecular weight excluding hydrogens is 403 g/mol. The van der Waals surface area contributed by atoms with Crippen LogP contribution in [-0.2, 0) is 11.2 Å². The van der Waals surface area contributed by atoms with E-state index in [1.165, 1.54) is 11.0 Å². The van der Waals surface area contributed by atoms with Gasteiger partial charge in [-0.05, 0) is 61.6 Å². The number of aryl methyl sites for hydroxylation is 3. The van der Waals surface area contributed by atoms with Crippen molar-refractivity contribution in [3.05, 3.63) is 82.9 Å². The van der Waals surface area contributed by atoms with E-state index in [0.29, 0.717) is 30.4 Å². The van der Waals surface area contributed by atoms with Gasteiger partial charge in [-0.2, -0.15) is 0 Å². The van der Waals surface area contributed by atoms with Gasteiger partial charge in [0.05, 0.1) is 5.69 Å². The molecular formula is C27H29FN2O2. The van der Waals surface area contributed by atoms with Gasteiger partial charge in [0.25, 0.3) is 0 Å². The summed E-state index contributed by atoms with van der Waals surface area (Å²) in [5.41, 5.74) is 5.42. The SMILES string of the molecule is CCCC(=O)N(C)c1ccc(-c2ccc(C(=O)CCc3ccc(C)nc3C)cc2)cc1F. The van der Waals surface area contributed by atoms with Crippen LogP contribution in [0.3, 0.4) is 0 Å². The highest BCUT2D eigenvalue weighted by molar-refractivity contribution is 5.96. The van der Waals surface area contributed by atoms with Gasteiger partial charge in [0.1, 0.15) is 5.82 Å². The molecule has 0 spiro atoms. The molecule has 0 saturated carbocycles. The first-order valence-corrected chi connectivity index (χ1v) is 10.9. The maximum Gasteiger partial charge on any atom is 0.226 e. The van der Waals surface area contributed by atoms with Gasteiger partial charge in [-0.15, -0.1) is 0 Å². The number of amides is 1. The van der Waals surface area contributed by atoms with E-state index >= 15 is 0 Å². The third-order valence-corrected chi connectivity index (χ3v) is 5.64. The van der Waals surface area contributed by atoms with Gasteiger partial charge in [0, 0.05) is 36.8 Å². The van der Waals surface area contributed by atoms with Crippen molar-refractivity contribution in [1.82, 2.24) is 4.98 Å². The zero-order valence-electron chi connectivity index (χ0n) is 19.1. The van der Waals surface area contributed by atoms with E-state index in [0.717, 1.165) is 28.9 Å². The van der Waals surface area contributed by atoms with Gasteiger partial charge in [-0.1, -0.05) is 43.3 Å². The molecule has 3 aromatic rings. The average molecular weight is 433 g/mol. The summed E-state index contributed by atoms with van der Waals surface area (Å²) in [5, 5.41) is 0. The Bertz CT molecular complexity index is 1120. The predicted octanol–water partition coefficient (Wildman–Crippen LogP) is 6.08. The number of carbonyl (C=O) groups excluding carboxylic acids is 2. The second-order valence-electron chi connectivity index (χ2n) is 8.07. The van der Waals surface area contributed by atoms with E-state index in [2.05, 4.69) is 4.98 Å². The largest absolute Gasteiger partial charge is 0.313 e. The molecule has 1 heterocycles. The van der Waals surface area contributed by atoms with Gasteiger partial charge in [0.15, 0.2) is 5.78 Å². The maximum absolute atomic E-state index is 14.7. The van der Waals surface area contributed by atoms with Crippen LogP contribution in [0, 0.1) is 19.7 Å². The van der Waals surface area contributed by atoms with Crippen molar-refractivity contribution in [3.8, 4) is 11.1 Å². The molecule has 0 N–H and O–H groups in total. The summed E-state index contributed by atoms with van der Waals surface area (Å²) in [5.74, 6) is -0.496. The number of Topliss-reactive ketones (excluding diaryl/α,β-unsaturated/α-hetero) is 1. The second kappa shape index (κ2) is 10.3. The molecule has 0 unspecified atom stereocenters. The minimum Gasteiger partial charge on any atom is -0.313 e. The van der Waals surface area contributed by atoms with Crippen LogP contribution < -0.4 is 4.90 Å².